The van der Waals surface area contributed by atoms with Crippen LogP contribution < -0.4 is 16.4 Å². The van der Waals surface area contributed by atoms with Crippen LogP contribution in [0.4, 0.5) is 0 Å². The minimum atomic E-state index is -1.22. The van der Waals surface area contributed by atoms with Crippen molar-refractivity contribution >= 4 is 90.4 Å². The van der Waals surface area contributed by atoms with Crippen molar-refractivity contribution in [1.82, 2.24) is 10.6 Å². The fraction of sp³-hybridized carbons (Fsp3) is 0.600. The number of carboxylic acids is 2. The van der Waals surface area contributed by atoms with E-state index in [-0.39, 0.29) is 72.6 Å². The van der Waals surface area contributed by atoms with E-state index in [1.165, 1.54) is 0 Å². The lowest BCUT2D eigenvalue weighted by Crippen LogP contribution is -2.49. The van der Waals surface area contributed by atoms with Crippen molar-refractivity contribution in [2.75, 3.05) is 12.3 Å². The molecule has 24 heavy (non-hydrogen) atoms. The van der Waals surface area contributed by atoms with Crippen LogP contribution in [-0.2, 0) is 19.2 Å². The molecule has 9 nitrogen and oxygen atoms in total. The second kappa shape index (κ2) is 18.9. The molecule has 0 aliphatic heterocycles. The number of carboxylic acid groups (broad SMARTS) is 2. The van der Waals surface area contributed by atoms with Gasteiger partial charge in [0.05, 0.1) is 0 Å². The van der Waals surface area contributed by atoms with Crippen LogP contribution in [-0.4, -0.2) is 58.3 Å². The highest BCUT2D eigenvalue weighted by atomic mass is 32.1. The Morgan fingerprint density at radius 1 is 1.04 bits per heavy atom. The van der Waals surface area contributed by atoms with Gasteiger partial charge in [0.15, 0.2) is 0 Å². The molecule has 6 N–H and O–H groups in total. The zero-order valence-electron chi connectivity index (χ0n) is 12.5. The van der Waals surface area contributed by atoms with Crippen LogP contribution in [0.1, 0.15) is 12.8 Å². The third-order valence-corrected chi connectivity index (χ3v) is 2.61. The summed E-state index contributed by atoms with van der Waals surface area (Å²) in [6, 6.07) is -2.15. The Bertz CT molecular complexity index is 401. The molecule has 0 rings (SSSR count). The number of nitrogens with one attached hydrogen (secondary N) is 2. The Labute approximate surface area is 173 Å². The summed E-state index contributed by atoms with van der Waals surface area (Å²) >= 11 is 3.87. The molecule has 0 aliphatic rings. The highest BCUT2D eigenvalue weighted by Crippen LogP contribution is 1.97. The SMILES string of the molecule is N[C@@H](CCC(=O)N[C@@H](CS)C(=O)NCC(=O)O)C(=O)O.S.S.S.S. The standard InChI is InChI=1S/C10H17N3O6S.4H2S/c11-5(10(18)19)1-2-7(14)13-6(4-20)9(17)12-3-8(15)16;;;;/h5-6,20H,1-4,11H2,(H,12,17)(H,13,14)(H,15,16)(H,18,19);4*1H2/t5-,6-;;;;/m0..../s1. The van der Waals surface area contributed by atoms with Crippen LogP contribution in [0.2, 0.25) is 0 Å². The minimum absolute atomic E-state index is 0. The summed E-state index contributed by atoms with van der Waals surface area (Å²) in [4.78, 5) is 43.7. The molecule has 0 aliphatic carbocycles. The molecule has 14 heteroatoms. The third-order valence-electron chi connectivity index (χ3n) is 2.25. The Hall–Kier alpha value is -0.410. The number of thiol groups is 1. The van der Waals surface area contributed by atoms with Crippen LogP contribution >= 0.6 is 66.6 Å². The third kappa shape index (κ3) is 16.4. The van der Waals surface area contributed by atoms with Gasteiger partial charge in [0, 0.05) is 12.2 Å². The Kier molecular flexibility index (Phi) is 27.5. The lowest BCUT2D eigenvalue weighted by Gasteiger charge is -2.16. The molecular formula is C10H25N3O6S5. The zero-order chi connectivity index (χ0) is 15.7. The summed E-state index contributed by atoms with van der Waals surface area (Å²) in [5, 5.41) is 21.4. The fourth-order valence-corrected chi connectivity index (χ4v) is 1.41. The fourth-order valence-electron chi connectivity index (χ4n) is 1.16. The monoisotopic (exact) mass is 443 g/mol. The number of amides is 2. The van der Waals surface area contributed by atoms with Gasteiger partial charge in [0.2, 0.25) is 11.8 Å². The topological polar surface area (TPSA) is 159 Å². The Morgan fingerprint density at radius 3 is 1.92 bits per heavy atom. The van der Waals surface area contributed by atoms with Crippen molar-refractivity contribution in [1.29, 1.82) is 0 Å². The smallest absolute Gasteiger partial charge is 0.322 e. The number of carbonyl (C=O) groups is 4. The van der Waals surface area contributed by atoms with E-state index in [1.807, 2.05) is 0 Å². The van der Waals surface area contributed by atoms with E-state index in [2.05, 4.69) is 23.3 Å². The highest BCUT2D eigenvalue weighted by molar-refractivity contribution is 7.80. The molecule has 0 unspecified atom stereocenters. The van der Waals surface area contributed by atoms with Crippen molar-refractivity contribution < 1.29 is 29.4 Å². The van der Waals surface area contributed by atoms with Gasteiger partial charge in [0.25, 0.3) is 0 Å². The molecule has 2 atom stereocenters. The lowest BCUT2D eigenvalue weighted by atomic mass is 10.1. The summed E-state index contributed by atoms with van der Waals surface area (Å²) in [6.07, 6.45) is -0.235. The molecular weight excluding hydrogens is 418 g/mol. The van der Waals surface area contributed by atoms with E-state index >= 15 is 0 Å². The number of hydrogen-bond acceptors (Lipinski definition) is 6. The summed E-state index contributed by atoms with van der Waals surface area (Å²) in [7, 11) is 0. The molecule has 0 spiro atoms. The predicted molar refractivity (Wildman–Crippen MR) is 113 cm³/mol. The number of hydrogen-bond donors (Lipinski definition) is 6. The molecule has 146 valence electrons. The lowest BCUT2D eigenvalue weighted by molar-refractivity contribution is -0.139. The molecule has 0 heterocycles. The molecule has 0 bridgehead atoms. The van der Waals surface area contributed by atoms with Gasteiger partial charge in [-0.2, -0.15) is 66.6 Å². The van der Waals surface area contributed by atoms with Gasteiger partial charge >= 0.3 is 11.9 Å². The molecule has 0 aromatic heterocycles. The van der Waals surface area contributed by atoms with Crippen LogP contribution in [0, 0.1) is 0 Å². The van der Waals surface area contributed by atoms with E-state index in [0.29, 0.717) is 0 Å². The van der Waals surface area contributed by atoms with Gasteiger partial charge in [-0.25, -0.2) is 0 Å². The zero-order valence-corrected chi connectivity index (χ0v) is 17.4. The summed E-state index contributed by atoms with van der Waals surface area (Å²) < 4.78 is 0. The predicted octanol–water partition coefficient (Wildman–Crippen LogP) is -1.75. The van der Waals surface area contributed by atoms with Crippen molar-refractivity contribution in [2.24, 2.45) is 5.73 Å². The summed E-state index contributed by atoms with van der Waals surface area (Å²) in [5.74, 6) is -3.70. The van der Waals surface area contributed by atoms with Crippen LogP contribution in [0.25, 0.3) is 0 Å². The van der Waals surface area contributed by atoms with Crippen LogP contribution in [0.3, 0.4) is 0 Å². The van der Waals surface area contributed by atoms with Crippen molar-refractivity contribution in [2.45, 2.75) is 24.9 Å². The Balaban J connectivity index is -0.000000301. The van der Waals surface area contributed by atoms with E-state index in [9.17, 15) is 19.2 Å². The van der Waals surface area contributed by atoms with E-state index < -0.39 is 42.4 Å². The van der Waals surface area contributed by atoms with Crippen LogP contribution in [0.15, 0.2) is 0 Å². The first kappa shape index (κ1) is 34.8. The maximum Gasteiger partial charge on any atom is 0.322 e. The van der Waals surface area contributed by atoms with Gasteiger partial charge in [-0.05, 0) is 6.42 Å². The molecule has 2 amide bonds. The average molecular weight is 444 g/mol. The second-order valence-corrected chi connectivity index (χ2v) is 4.26. The molecule has 0 saturated carbocycles. The number of rotatable bonds is 9. The first-order valence-electron chi connectivity index (χ1n) is 5.66. The van der Waals surface area contributed by atoms with Gasteiger partial charge in [0.1, 0.15) is 18.6 Å². The van der Waals surface area contributed by atoms with Crippen molar-refractivity contribution in [3.05, 3.63) is 0 Å². The van der Waals surface area contributed by atoms with Gasteiger partial charge in [-0.3, -0.25) is 19.2 Å². The van der Waals surface area contributed by atoms with E-state index in [0.717, 1.165) is 0 Å². The largest absolute Gasteiger partial charge is 0.480 e. The normalized spacial score (nSPS) is 10.9. The Morgan fingerprint density at radius 2 is 1.54 bits per heavy atom. The maximum atomic E-state index is 11.5. The van der Waals surface area contributed by atoms with Crippen molar-refractivity contribution in [3.8, 4) is 0 Å². The van der Waals surface area contributed by atoms with Gasteiger partial charge in [-0.15, -0.1) is 0 Å². The van der Waals surface area contributed by atoms with Gasteiger partial charge < -0.3 is 26.6 Å². The quantitative estimate of drug-likeness (QED) is 0.230. The number of aliphatic carboxylic acids is 2. The summed E-state index contributed by atoms with van der Waals surface area (Å²) in [6.45, 7) is -0.567. The van der Waals surface area contributed by atoms with Crippen molar-refractivity contribution in [3.63, 3.8) is 0 Å². The number of nitrogens with two attached hydrogens (primary N) is 1. The number of carbonyl (C=O) groups excluding carboxylic acids is 2. The molecule has 0 fully saturated rings. The molecule has 0 aromatic rings. The van der Waals surface area contributed by atoms with E-state index in [1.54, 1.807) is 0 Å². The minimum Gasteiger partial charge on any atom is -0.480 e. The molecule has 0 aromatic carbocycles. The summed E-state index contributed by atoms with van der Waals surface area (Å²) in [5.41, 5.74) is 5.23. The highest BCUT2D eigenvalue weighted by Gasteiger charge is 2.20. The van der Waals surface area contributed by atoms with E-state index in [4.69, 9.17) is 15.9 Å². The maximum absolute atomic E-state index is 11.5. The first-order valence-corrected chi connectivity index (χ1v) is 6.29. The average Bonchev–Trinajstić information content (AvgIpc) is 2.38. The molecule has 0 radical (unpaired) electrons. The second-order valence-electron chi connectivity index (χ2n) is 3.90. The van der Waals surface area contributed by atoms with Crippen LogP contribution in [0.5, 0.6) is 0 Å². The van der Waals surface area contributed by atoms with Gasteiger partial charge in [-0.1, -0.05) is 0 Å². The molecule has 0 saturated heterocycles. The first-order chi connectivity index (χ1) is 9.27.